The van der Waals surface area contributed by atoms with Gasteiger partial charge in [-0.25, -0.2) is 0 Å². The Bertz CT molecular complexity index is 744. The van der Waals surface area contributed by atoms with Gasteiger partial charge < -0.3 is 10.0 Å². The van der Waals surface area contributed by atoms with E-state index in [1.165, 1.54) is 6.07 Å². The molecular weight excluding hydrogens is 325 g/mol. The van der Waals surface area contributed by atoms with Crippen molar-refractivity contribution in [2.45, 2.75) is 17.7 Å². The third-order valence-electron chi connectivity index (χ3n) is 3.01. The molecule has 0 saturated carbocycles. The molecule has 1 aliphatic heterocycles. The average molecular weight is 337 g/mol. The second-order valence-electron chi connectivity index (χ2n) is 4.44. The maximum absolute atomic E-state index is 11.8. The number of carbonyl (C=O) groups excluding carboxylic acids is 2. The molecule has 114 valence electrons. The molecule has 22 heavy (non-hydrogen) atoms. The number of rotatable bonds is 5. The molecule has 1 heterocycles. The Morgan fingerprint density at radius 3 is 2.41 bits per heavy atom. The van der Waals surface area contributed by atoms with Gasteiger partial charge >= 0.3 is 35.5 Å². The molecule has 0 atom stereocenters. The zero-order valence-corrected chi connectivity index (χ0v) is 11.5. The number of hydrogen-bond donors (Lipinski definition) is 2. The second kappa shape index (κ2) is 6.88. The molecule has 1 aliphatic rings. The molecule has 0 aromatic heterocycles. The number of aliphatic carboxylic acids is 1. The van der Waals surface area contributed by atoms with Crippen molar-refractivity contribution in [3.05, 3.63) is 23.8 Å². The fourth-order valence-corrected chi connectivity index (χ4v) is 2.56. The number of benzene rings is 1. The van der Waals surface area contributed by atoms with E-state index in [1.807, 2.05) is 0 Å². The molecule has 8 nitrogen and oxygen atoms in total. The summed E-state index contributed by atoms with van der Waals surface area (Å²) in [6.45, 7) is 0.0368. The predicted octanol–water partition coefficient (Wildman–Crippen LogP) is -0.321. The first kappa shape index (κ1) is 18.8. The van der Waals surface area contributed by atoms with Crippen molar-refractivity contribution in [3.8, 4) is 0 Å². The molecule has 0 aliphatic carbocycles. The monoisotopic (exact) mass is 337 g/mol. The fourth-order valence-electron chi connectivity index (χ4n) is 2.05. The van der Waals surface area contributed by atoms with Gasteiger partial charge in [0.25, 0.3) is 21.8 Å². The third kappa shape index (κ3) is 3.73. The van der Waals surface area contributed by atoms with Crippen LogP contribution in [0.1, 0.15) is 23.2 Å². The Morgan fingerprint density at radius 2 is 1.86 bits per heavy atom. The summed E-state index contributed by atoms with van der Waals surface area (Å²) in [5.41, 5.74) is 0.0910. The van der Waals surface area contributed by atoms with Gasteiger partial charge in [0.1, 0.15) is 0 Å². The number of anilines is 1. The molecule has 2 rings (SSSR count). The fraction of sp³-hybridized carbons (Fsp3) is 0.250. The van der Waals surface area contributed by atoms with E-state index in [9.17, 15) is 22.8 Å². The predicted molar refractivity (Wildman–Crippen MR) is 77.0 cm³/mol. The number of fused-ring (bicyclic) bond motifs is 1. The van der Waals surface area contributed by atoms with E-state index < -0.39 is 32.7 Å². The van der Waals surface area contributed by atoms with Crippen LogP contribution in [0.5, 0.6) is 0 Å². The van der Waals surface area contributed by atoms with Crippen LogP contribution in [0.15, 0.2) is 23.1 Å². The molecule has 10 heteroatoms. The quantitative estimate of drug-likeness (QED) is 0.428. The van der Waals surface area contributed by atoms with E-state index in [4.69, 9.17) is 9.66 Å². The van der Waals surface area contributed by atoms with Gasteiger partial charge in [0.2, 0.25) is 0 Å². The first-order valence-corrected chi connectivity index (χ1v) is 7.35. The minimum atomic E-state index is -4.47. The Kier molecular flexibility index (Phi) is 5.88. The van der Waals surface area contributed by atoms with Crippen molar-refractivity contribution in [2.75, 3.05) is 11.4 Å². The number of hydrogen-bond acceptors (Lipinski definition) is 5. The van der Waals surface area contributed by atoms with Crippen LogP contribution in [0.3, 0.4) is 0 Å². The number of ketones is 1. The summed E-state index contributed by atoms with van der Waals surface area (Å²) in [5, 5.41) is 8.56. The number of nitrogens with zero attached hydrogens (tertiary/aromatic N) is 1. The summed E-state index contributed by atoms with van der Waals surface area (Å²) in [6, 6.07) is 3.24. The van der Waals surface area contributed by atoms with Crippen molar-refractivity contribution >= 4 is 63.0 Å². The Balaban J connectivity index is 0.00000242. The van der Waals surface area contributed by atoms with E-state index in [0.29, 0.717) is 0 Å². The number of carboxylic acids is 1. The first-order valence-electron chi connectivity index (χ1n) is 5.91. The molecule has 0 bridgehead atoms. The van der Waals surface area contributed by atoms with Gasteiger partial charge in [-0.05, 0) is 24.6 Å². The van der Waals surface area contributed by atoms with Gasteiger partial charge in [-0.2, -0.15) is 8.42 Å². The van der Waals surface area contributed by atoms with Crippen molar-refractivity contribution in [2.24, 2.45) is 0 Å². The van der Waals surface area contributed by atoms with Crippen LogP contribution in [-0.4, -0.2) is 71.8 Å². The van der Waals surface area contributed by atoms with Crippen LogP contribution >= 0.6 is 0 Å². The average Bonchev–Trinajstić information content (AvgIpc) is 2.62. The van der Waals surface area contributed by atoms with Crippen LogP contribution in [0, 0.1) is 0 Å². The summed E-state index contributed by atoms with van der Waals surface area (Å²) < 4.78 is 31.0. The summed E-state index contributed by atoms with van der Waals surface area (Å²) in [5.74, 6) is -2.75. The van der Waals surface area contributed by atoms with Gasteiger partial charge in [0, 0.05) is 13.0 Å². The normalized spacial score (nSPS) is 13.8. The van der Waals surface area contributed by atoms with Crippen molar-refractivity contribution in [1.29, 1.82) is 0 Å². The first-order chi connectivity index (χ1) is 9.71. The topological polar surface area (TPSA) is 129 Å². The number of carbonyl (C=O) groups is 3. The molecule has 1 aromatic rings. The van der Waals surface area contributed by atoms with Crippen molar-refractivity contribution in [1.82, 2.24) is 0 Å². The summed E-state index contributed by atoms with van der Waals surface area (Å²) in [6.07, 6.45) is 0.00422. The molecule has 0 fully saturated rings. The zero-order chi connectivity index (χ0) is 15.8. The molecule has 0 spiro atoms. The van der Waals surface area contributed by atoms with E-state index >= 15 is 0 Å². The van der Waals surface area contributed by atoms with Crippen LogP contribution in [0.4, 0.5) is 5.69 Å². The number of Topliss-reactive ketones (excluding diaryl/α,β-unsaturated/α-hetero) is 1. The molecule has 1 amide bonds. The van der Waals surface area contributed by atoms with E-state index in [-0.39, 0.29) is 60.2 Å². The van der Waals surface area contributed by atoms with E-state index in [1.54, 1.807) is 0 Å². The summed E-state index contributed by atoms with van der Waals surface area (Å²) in [4.78, 5) is 34.7. The number of carboxylic acid groups (broad SMARTS) is 1. The van der Waals surface area contributed by atoms with E-state index in [2.05, 4.69) is 0 Å². The van der Waals surface area contributed by atoms with Crippen LogP contribution in [-0.2, 0) is 19.7 Å². The molecule has 0 unspecified atom stereocenters. The zero-order valence-electron chi connectivity index (χ0n) is 10.6. The molecule has 2 N–H and O–H groups in total. The van der Waals surface area contributed by atoms with Gasteiger partial charge in [0.15, 0.2) is 0 Å². The molecule has 0 saturated heterocycles. The van der Waals surface area contributed by atoms with Gasteiger partial charge in [-0.15, -0.1) is 0 Å². The van der Waals surface area contributed by atoms with Crippen LogP contribution in [0.2, 0.25) is 0 Å². The van der Waals surface area contributed by atoms with Crippen LogP contribution in [0.25, 0.3) is 0 Å². The second-order valence-corrected chi connectivity index (χ2v) is 5.86. The Labute approximate surface area is 148 Å². The van der Waals surface area contributed by atoms with E-state index in [0.717, 1.165) is 17.0 Å². The summed E-state index contributed by atoms with van der Waals surface area (Å²) >= 11 is 0. The van der Waals surface area contributed by atoms with Gasteiger partial charge in [-0.1, -0.05) is 0 Å². The molecule has 1 aromatic carbocycles. The third-order valence-corrected chi connectivity index (χ3v) is 3.86. The Morgan fingerprint density at radius 1 is 1.23 bits per heavy atom. The number of amides is 1. The summed E-state index contributed by atoms with van der Waals surface area (Å²) in [7, 11) is -4.47. The molecule has 0 radical (unpaired) electrons. The van der Waals surface area contributed by atoms with Crippen molar-refractivity contribution in [3.63, 3.8) is 0 Å². The maximum atomic E-state index is 11.8. The SMILES string of the molecule is O=C(O)CCCN1C(=O)C(=O)c2cc(S(=O)(=O)O)ccc21.[NaH]. The van der Waals surface area contributed by atoms with Crippen LogP contribution < -0.4 is 4.90 Å². The standard InChI is InChI=1S/C12H11NO7S.Na.H/c14-10(15)2-1-5-13-9-4-3-7(21(18,19)20)6-8(9)11(16)12(13)17;;/h3-4,6H,1-2,5H2,(H,14,15)(H,18,19,20);;. The van der Waals surface area contributed by atoms with Gasteiger partial charge in [0.05, 0.1) is 16.1 Å². The minimum absolute atomic E-state index is 0. The van der Waals surface area contributed by atoms with Gasteiger partial charge in [-0.3, -0.25) is 18.9 Å². The Hall–Kier alpha value is -1.26. The molecular formula is C12H12NNaO7S. The van der Waals surface area contributed by atoms with Crippen molar-refractivity contribution < 1.29 is 32.5 Å².